The van der Waals surface area contributed by atoms with Gasteiger partial charge in [-0.15, -0.1) is 0 Å². The first-order valence-electron chi connectivity index (χ1n) is 9.43. The Hall–Kier alpha value is -3.24. The molecule has 0 radical (unpaired) electrons. The van der Waals surface area contributed by atoms with Crippen molar-refractivity contribution in [2.75, 3.05) is 25.0 Å². The molecule has 10 heteroatoms. The molecule has 2 aromatic carbocycles. The Bertz CT molecular complexity index is 1180. The minimum Gasteiger partial charge on any atom is -0.376 e. The van der Waals surface area contributed by atoms with Gasteiger partial charge in [-0.05, 0) is 30.7 Å². The molecule has 1 saturated heterocycles. The number of carbonyl (C=O) groups is 1. The average molecular weight is 427 g/mol. The Morgan fingerprint density at radius 2 is 2.03 bits per heavy atom. The van der Waals surface area contributed by atoms with Crippen LogP contribution in [0.1, 0.15) is 11.5 Å². The number of nitrogens with one attached hydrogen (secondary N) is 2. The van der Waals surface area contributed by atoms with Crippen LogP contribution in [-0.2, 0) is 21.4 Å². The van der Waals surface area contributed by atoms with Crippen molar-refractivity contribution in [2.24, 2.45) is 0 Å². The predicted molar refractivity (Wildman–Crippen MR) is 110 cm³/mol. The lowest BCUT2D eigenvalue weighted by atomic mass is 10.1. The van der Waals surface area contributed by atoms with E-state index in [0.29, 0.717) is 23.9 Å². The normalized spacial score (nSPS) is 15.0. The molecule has 156 valence electrons. The monoisotopic (exact) mass is 427 g/mol. The van der Waals surface area contributed by atoms with Gasteiger partial charge in [-0.1, -0.05) is 35.5 Å². The van der Waals surface area contributed by atoms with Gasteiger partial charge in [0.05, 0.1) is 18.0 Å². The standard InChI is InChI=1S/C20H21N5O4S/c1-14-5-2-3-8-17(14)20-23-19(29-24-20)12-22-15-6-4-7-16(11-15)30(27,28)25-10-9-21-18(26)13-25/h2-8,11,22H,9-10,12-13H2,1H3,(H,21,26). The van der Waals surface area contributed by atoms with Gasteiger partial charge in [0.15, 0.2) is 0 Å². The molecule has 0 bridgehead atoms. The highest BCUT2D eigenvalue weighted by molar-refractivity contribution is 7.89. The van der Waals surface area contributed by atoms with Gasteiger partial charge in [0, 0.05) is 24.3 Å². The van der Waals surface area contributed by atoms with Gasteiger partial charge >= 0.3 is 0 Å². The fourth-order valence-electron chi connectivity index (χ4n) is 3.17. The Kier molecular flexibility index (Phi) is 5.51. The van der Waals surface area contributed by atoms with Crippen molar-refractivity contribution in [3.05, 3.63) is 60.0 Å². The van der Waals surface area contributed by atoms with Crippen LogP contribution in [0.4, 0.5) is 5.69 Å². The minimum atomic E-state index is -3.76. The number of benzene rings is 2. The lowest BCUT2D eigenvalue weighted by molar-refractivity contribution is -0.122. The van der Waals surface area contributed by atoms with Crippen molar-refractivity contribution >= 4 is 21.6 Å². The number of amides is 1. The molecular formula is C20H21N5O4S. The second-order valence-electron chi connectivity index (χ2n) is 6.90. The minimum absolute atomic E-state index is 0.119. The van der Waals surface area contributed by atoms with Gasteiger partial charge in [-0.25, -0.2) is 8.42 Å². The summed E-state index contributed by atoms with van der Waals surface area (Å²) in [6, 6.07) is 14.2. The molecular weight excluding hydrogens is 406 g/mol. The number of hydrogen-bond acceptors (Lipinski definition) is 7. The second kappa shape index (κ2) is 8.25. The van der Waals surface area contributed by atoms with Crippen molar-refractivity contribution in [2.45, 2.75) is 18.4 Å². The van der Waals surface area contributed by atoms with E-state index in [4.69, 9.17) is 4.52 Å². The summed E-state index contributed by atoms with van der Waals surface area (Å²) in [6.07, 6.45) is 0. The van der Waals surface area contributed by atoms with Gasteiger partial charge < -0.3 is 15.2 Å². The lowest BCUT2D eigenvalue weighted by Gasteiger charge is -2.26. The fourth-order valence-corrected chi connectivity index (χ4v) is 4.62. The van der Waals surface area contributed by atoms with Gasteiger partial charge in [-0.3, -0.25) is 4.79 Å². The van der Waals surface area contributed by atoms with Crippen LogP contribution in [0.15, 0.2) is 57.9 Å². The summed E-state index contributed by atoms with van der Waals surface area (Å²) in [5.74, 6) is 0.582. The number of piperazine rings is 1. The van der Waals surface area contributed by atoms with Gasteiger partial charge in [-0.2, -0.15) is 9.29 Å². The number of anilines is 1. The summed E-state index contributed by atoms with van der Waals surface area (Å²) in [6.45, 7) is 2.59. The van der Waals surface area contributed by atoms with Crippen molar-refractivity contribution in [1.82, 2.24) is 19.8 Å². The van der Waals surface area contributed by atoms with Crippen LogP contribution in [0.25, 0.3) is 11.4 Å². The number of carbonyl (C=O) groups excluding carboxylic acids is 1. The molecule has 0 saturated carbocycles. The summed E-state index contributed by atoms with van der Waals surface area (Å²) < 4.78 is 32.1. The van der Waals surface area contributed by atoms with Gasteiger partial charge in [0.25, 0.3) is 0 Å². The average Bonchev–Trinajstić information content (AvgIpc) is 3.22. The summed E-state index contributed by atoms with van der Waals surface area (Å²) in [4.78, 5) is 16.1. The van der Waals surface area contributed by atoms with Crippen LogP contribution in [0.2, 0.25) is 0 Å². The SMILES string of the molecule is Cc1ccccc1-c1noc(CNc2cccc(S(=O)(=O)N3CCNC(=O)C3)c2)n1. The zero-order valence-electron chi connectivity index (χ0n) is 16.3. The maximum atomic E-state index is 12.8. The zero-order valence-corrected chi connectivity index (χ0v) is 17.1. The third kappa shape index (κ3) is 4.19. The fraction of sp³-hybridized carbons (Fsp3) is 0.250. The van der Waals surface area contributed by atoms with Crippen molar-refractivity contribution in [1.29, 1.82) is 0 Å². The first-order valence-corrected chi connectivity index (χ1v) is 10.9. The van der Waals surface area contributed by atoms with Crippen molar-refractivity contribution in [3.8, 4) is 11.4 Å². The molecule has 1 fully saturated rings. The van der Waals surface area contributed by atoms with Gasteiger partial charge in [0.2, 0.25) is 27.6 Å². The van der Waals surface area contributed by atoms with Crippen LogP contribution in [-0.4, -0.2) is 48.4 Å². The Labute approximate surface area is 174 Å². The molecule has 1 aliphatic heterocycles. The Balaban J connectivity index is 1.47. The molecule has 2 N–H and O–H groups in total. The molecule has 0 unspecified atom stereocenters. The Morgan fingerprint density at radius 1 is 1.20 bits per heavy atom. The summed E-state index contributed by atoms with van der Waals surface area (Å²) in [7, 11) is -3.76. The van der Waals surface area contributed by atoms with E-state index < -0.39 is 10.0 Å². The van der Waals surface area contributed by atoms with Gasteiger partial charge in [0.1, 0.15) is 0 Å². The highest BCUT2D eigenvalue weighted by Gasteiger charge is 2.29. The first kappa shape index (κ1) is 20.0. The summed E-state index contributed by atoms with van der Waals surface area (Å²) in [5.41, 5.74) is 2.53. The van der Waals surface area contributed by atoms with E-state index in [0.717, 1.165) is 11.1 Å². The Morgan fingerprint density at radius 3 is 2.83 bits per heavy atom. The molecule has 1 aromatic heterocycles. The molecule has 0 spiro atoms. The maximum Gasteiger partial charge on any atom is 0.246 e. The van der Waals surface area contributed by atoms with Crippen LogP contribution in [0.3, 0.4) is 0 Å². The smallest absolute Gasteiger partial charge is 0.246 e. The molecule has 1 amide bonds. The number of rotatable bonds is 6. The molecule has 3 aromatic rings. The largest absolute Gasteiger partial charge is 0.376 e. The van der Waals surface area contributed by atoms with Crippen LogP contribution < -0.4 is 10.6 Å². The van der Waals surface area contributed by atoms with Crippen LogP contribution in [0.5, 0.6) is 0 Å². The molecule has 2 heterocycles. The zero-order chi connectivity index (χ0) is 21.1. The maximum absolute atomic E-state index is 12.8. The van der Waals surface area contributed by atoms with Crippen molar-refractivity contribution < 1.29 is 17.7 Å². The quantitative estimate of drug-likeness (QED) is 0.616. The highest BCUT2D eigenvalue weighted by Crippen LogP contribution is 2.22. The second-order valence-corrected chi connectivity index (χ2v) is 8.83. The first-order chi connectivity index (χ1) is 14.4. The molecule has 1 aliphatic rings. The number of sulfonamides is 1. The van der Waals surface area contributed by atoms with E-state index in [-0.39, 0.29) is 30.4 Å². The van der Waals surface area contributed by atoms with E-state index >= 15 is 0 Å². The molecule has 4 rings (SSSR count). The van der Waals surface area contributed by atoms with E-state index in [1.807, 2.05) is 31.2 Å². The third-order valence-corrected chi connectivity index (χ3v) is 6.61. The number of nitrogens with zero attached hydrogens (tertiary/aromatic N) is 3. The summed E-state index contributed by atoms with van der Waals surface area (Å²) >= 11 is 0. The molecule has 9 nitrogen and oxygen atoms in total. The number of aryl methyl sites for hydroxylation is 1. The number of aromatic nitrogens is 2. The van der Waals surface area contributed by atoms with E-state index in [2.05, 4.69) is 20.8 Å². The van der Waals surface area contributed by atoms with Crippen molar-refractivity contribution in [3.63, 3.8) is 0 Å². The number of hydrogen-bond donors (Lipinski definition) is 2. The lowest BCUT2D eigenvalue weighted by Crippen LogP contribution is -2.49. The van der Waals surface area contributed by atoms with Crippen LogP contribution >= 0.6 is 0 Å². The molecule has 30 heavy (non-hydrogen) atoms. The van der Waals surface area contributed by atoms with E-state index in [9.17, 15) is 13.2 Å². The third-order valence-electron chi connectivity index (χ3n) is 4.77. The predicted octanol–water partition coefficient (Wildman–Crippen LogP) is 1.78. The molecule has 0 aliphatic carbocycles. The van der Waals surface area contributed by atoms with E-state index in [1.165, 1.54) is 16.4 Å². The topological polar surface area (TPSA) is 117 Å². The van der Waals surface area contributed by atoms with E-state index in [1.54, 1.807) is 12.1 Å². The molecule has 0 atom stereocenters. The highest BCUT2D eigenvalue weighted by atomic mass is 32.2. The van der Waals surface area contributed by atoms with Crippen LogP contribution in [0, 0.1) is 6.92 Å². The summed E-state index contributed by atoms with van der Waals surface area (Å²) in [5, 5.41) is 9.75.